The SMILES string of the molecule is CCc1ncc(-c2sc(C3(C(F)(F)F)CC3)nc2-c2cnc(N[C@@H]3N=C(c4ccccc4)c4ccccc4NC3=O)o2)cn1. The van der Waals surface area contributed by atoms with Crippen LogP contribution in [0.2, 0.25) is 0 Å². The molecule has 222 valence electrons. The van der Waals surface area contributed by atoms with Gasteiger partial charge in [-0.15, -0.1) is 11.3 Å². The molecule has 0 unspecified atom stereocenters. The van der Waals surface area contributed by atoms with Gasteiger partial charge in [0.25, 0.3) is 11.9 Å². The molecule has 7 rings (SSSR count). The van der Waals surface area contributed by atoms with Crippen LogP contribution in [0.4, 0.5) is 24.9 Å². The first-order valence-electron chi connectivity index (χ1n) is 13.9. The number of nitrogens with zero attached hydrogens (tertiary/aromatic N) is 5. The molecule has 1 saturated carbocycles. The highest BCUT2D eigenvalue weighted by Gasteiger charge is 2.66. The van der Waals surface area contributed by atoms with Gasteiger partial charge in [0.15, 0.2) is 5.76 Å². The molecule has 5 aromatic rings. The Morgan fingerprint density at radius 2 is 1.73 bits per heavy atom. The maximum Gasteiger partial charge on any atom is 0.400 e. The zero-order chi connectivity index (χ0) is 30.5. The molecular weight excluding hydrogens is 591 g/mol. The van der Waals surface area contributed by atoms with Crippen molar-refractivity contribution in [1.29, 1.82) is 0 Å². The molecule has 1 aliphatic heterocycles. The smallest absolute Gasteiger partial charge is 0.400 e. The molecule has 2 aliphatic rings. The van der Waals surface area contributed by atoms with Crippen molar-refractivity contribution < 1.29 is 22.4 Å². The van der Waals surface area contributed by atoms with Gasteiger partial charge in [-0.1, -0.05) is 55.5 Å². The third-order valence-corrected chi connectivity index (χ3v) is 8.91. The number of aliphatic imine (C=N–C) groups is 1. The monoisotopic (exact) mass is 615 g/mol. The van der Waals surface area contributed by atoms with Crippen molar-refractivity contribution in [2.75, 3.05) is 10.6 Å². The second-order valence-corrected chi connectivity index (χ2v) is 11.5. The maximum atomic E-state index is 14.1. The van der Waals surface area contributed by atoms with E-state index in [1.54, 1.807) is 18.5 Å². The number of oxazole rings is 1. The normalized spacial score (nSPS) is 17.3. The first-order chi connectivity index (χ1) is 21.3. The Labute approximate surface area is 253 Å². The van der Waals surface area contributed by atoms with E-state index in [2.05, 4.69) is 30.6 Å². The van der Waals surface area contributed by atoms with Gasteiger partial charge in [0, 0.05) is 35.5 Å². The number of benzodiazepines with no additional fused rings is 1. The van der Waals surface area contributed by atoms with Crippen molar-refractivity contribution in [2.45, 2.75) is 43.9 Å². The first-order valence-corrected chi connectivity index (χ1v) is 14.7. The molecule has 0 bridgehead atoms. The van der Waals surface area contributed by atoms with Crippen LogP contribution in [0, 0.1) is 0 Å². The van der Waals surface area contributed by atoms with Crippen molar-refractivity contribution >= 4 is 34.7 Å². The van der Waals surface area contributed by atoms with Gasteiger partial charge in [0.2, 0.25) is 6.17 Å². The second kappa shape index (κ2) is 10.7. The summed E-state index contributed by atoms with van der Waals surface area (Å²) in [4.78, 5) is 35.8. The molecule has 4 heterocycles. The molecule has 1 atom stereocenters. The minimum Gasteiger partial charge on any atom is -0.422 e. The lowest BCUT2D eigenvalue weighted by Crippen LogP contribution is -2.32. The molecule has 13 heteroatoms. The largest absolute Gasteiger partial charge is 0.422 e. The van der Waals surface area contributed by atoms with Crippen LogP contribution in [0.25, 0.3) is 21.9 Å². The number of carbonyl (C=O) groups is 1. The third-order valence-electron chi connectivity index (χ3n) is 7.61. The molecule has 2 N–H and O–H groups in total. The van der Waals surface area contributed by atoms with E-state index < -0.39 is 23.7 Å². The third kappa shape index (κ3) is 4.92. The zero-order valence-corrected chi connectivity index (χ0v) is 24.0. The average Bonchev–Trinajstić information content (AvgIpc) is 3.58. The lowest BCUT2D eigenvalue weighted by atomic mass is 10.0. The van der Waals surface area contributed by atoms with E-state index in [0.29, 0.717) is 34.1 Å². The van der Waals surface area contributed by atoms with E-state index in [9.17, 15) is 18.0 Å². The molecule has 2 aromatic carbocycles. The lowest BCUT2D eigenvalue weighted by molar-refractivity contribution is -0.160. The van der Waals surface area contributed by atoms with Gasteiger partial charge in [-0.25, -0.2) is 24.9 Å². The minimum absolute atomic E-state index is 0.0295. The predicted molar refractivity (Wildman–Crippen MR) is 160 cm³/mol. The fraction of sp³-hybridized carbons (Fsp3) is 0.226. The number of halogens is 3. The van der Waals surface area contributed by atoms with E-state index in [-0.39, 0.29) is 35.3 Å². The molecule has 9 nitrogen and oxygen atoms in total. The van der Waals surface area contributed by atoms with E-state index >= 15 is 0 Å². The number of carbonyl (C=O) groups excluding carboxylic acids is 1. The number of rotatable bonds is 7. The Bertz CT molecular complexity index is 1880. The summed E-state index contributed by atoms with van der Waals surface area (Å²) < 4.78 is 48.1. The summed E-state index contributed by atoms with van der Waals surface area (Å²) in [6.45, 7) is 1.91. The van der Waals surface area contributed by atoms with Gasteiger partial charge in [0.05, 0.1) is 22.5 Å². The number of hydrogen-bond donors (Lipinski definition) is 2. The lowest BCUT2D eigenvalue weighted by Gasteiger charge is -2.15. The molecule has 1 amide bonds. The maximum absolute atomic E-state index is 14.1. The number of amides is 1. The topological polar surface area (TPSA) is 118 Å². The summed E-state index contributed by atoms with van der Waals surface area (Å²) in [7, 11) is 0. The summed E-state index contributed by atoms with van der Waals surface area (Å²) in [5.41, 5.74) is 1.49. The quantitative estimate of drug-likeness (QED) is 0.211. The van der Waals surface area contributed by atoms with Crippen molar-refractivity contribution in [2.24, 2.45) is 4.99 Å². The summed E-state index contributed by atoms with van der Waals surface area (Å²) in [5, 5.41) is 5.79. The van der Waals surface area contributed by atoms with Crippen LogP contribution in [0.5, 0.6) is 0 Å². The Balaban J connectivity index is 1.25. The Morgan fingerprint density at radius 1 is 1.00 bits per heavy atom. The van der Waals surface area contributed by atoms with E-state index in [1.165, 1.54) is 6.20 Å². The average molecular weight is 616 g/mol. The highest BCUT2D eigenvalue weighted by atomic mass is 32.1. The van der Waals surface area contributed by atoms with E-state index in [4.69, 9.17) is 9.41 Å². The van der Waals surface area contributed by atoms with Crippen LogP contribution in [0.15, 0.2) is 82.6 Å². The van der Waals surface area contributed by atoms with Crippen LogP contribution in [0.3, 0.4) is 0 Å². The Morgan fingerprint density at radius 3 is 2.43 bits per heavy atom. The van der Waals surface area contributed by atoms with Crippen LogP contribution in [-0.2, 0) is 16.6 Å². The van der Waals surface area contributed by atoms with Gasteiger partial charge < -0.3 is 15.1 Å². The Kier molecular flexibility index (Phi) is 6.76. The molecule has 44 heavy (non-hydrogen) atoms. The van der Waals surface area contributed by atoms with Crippen molar-refractivity contribution in [3.05, 3.63) is 95.1 Å². The number of aryl methyl sites for hydroxylation is 1. The standard InChI is InChI=1S/C31H24F3N7O2S/c1-2-22-35-14-18(15-36-22)25-24(40-28(44-25)30(12-13-30)31(32,33)34)21-16-37-29(43-21)41-26-27(42)38-20-11-7-6-10-19(20)23(39-26)17-8-4-3-5-9-17/h3-11,14-16,26H,2,12-13H2,1H3,(H,37,41)(H,38,42)/t26-/m0/s1. The number of hydrogen-bond acceptors (Lipinski definition) is 9. The predicted octanol–water partition coefficient (Wildman–Crippen LogP) is 6.64. The molecule has 1 fully saturated rings. The highest BCUT2D eigenvalue weighted by Crippen LogP contribution is 2.61. The molecule has 1 aliphatic carbocycles. The zero-order valence-electron chi connectivity index (χ0n) is 23.2. The van der Waals surface area contributed by atoms with Crippen molar-refractivity contribution in [3.63, 3.8) is 0 Å². The number of benzene rings is 2. The fourth-order valence-electron chi connectivity index (χ4n) is 5.03. The van der Waals surface area contributed by atoms with Gasteiger partial charge in [0.1, 0.15) is 21.9 Å². The summed E-state index contributed by atoms with van der Waals surface area (Å²) in [6.07, 6.45) is -0.491. The van der Waals surface area contributed by atoms with Gasteiger partial charge in [-0.3, -0.25) is 4.79 Å². The summed E-state index contributed by atoms with van der Waals surface area (Å²) >= 11 is 0.951. The number of fused-ring (bicyclic) bond motifs is 1. The van der Waals surface area contributed by atoms with Crippen molar-refractivity contribution in [3.8, 4) is 21.9 Å². The number of para-hydroxylation sites is 1. The van der Waals surface area contributed by atoms with Crippen LogP contribution < -0.4 is 10.6 Å². The molecule has 0 spiro atoms. The number of nitrogens with one attached hydrogen (secondary N) is 2. The van der Waals surface area contributed by atoms with Crippen molar-refractivity contribution in [1.82, 2.24) is 19.9 Å². The minimum atomic E-state index is -4.44. The molecule has 3 aromatic heterocycles. The van der Waals surface area contributed by atoms with Gasteiger partial charge >= 0.3 is 6.18 Å². The molecule has 0 saturated heterocycles. The Hall–Kier alpha value is -4.91. The van der Waals surface area contributed by atoms with Gasteiger partial charge in [-0.05, 0) is 18.9 Å². The summed E-state index contributed by atoms with van der Waals surface area (Å²) in [6, 6.07) is 16.8. The molecule has 0 radical (unpaired) electrons. The number of aromatic nitrogens is 4. The van der Waals surface area contributed by atoms with Crippen LogP contribution in [-0.4, -0.2) is 43.9 Å². The molecular formula is C31H24F3N7O2S. The van der Waals surface area contributed by atoms with E-state index in [0.717, 1.165) is 22.5 Å². The number of thiazole rings is 1. The first kappa shape index (κ1) is 27.9. The second-order valence-electron chi connectivity index (χ2n) is 10.5. The summed E-state index contributed by atoms with van der Waals surface area (Å²) in [5.74, 6) is 0.306. The van der Waals surface area contributed by atoms with Crippen LogP contribution >= 0.6 is 11.3 Å². The van der Waals surface area contributed by atoms with Gasteiger partial charge in [-0.2, -0.15) is 13.2 Å². The van der Waals surface area contributed by atoms with Crippen LogP contribution in [0.1, 0.15) is 41.7 Å². The highest BCUT2D eigenvalue weighted by molar-refractivity contribution is 7.16. The van der Waals surface area contributed by atoms with E-state index in [1.807, 2.05) is 55.5 Å². The fourth-order valence-corrected chi connectivity index (χ4v) is 6.35. The number of anilines is 2. The number of alkyl halides is 3.